The molecule has 3 heteroatoms. The summed E-state index contributed by atoms with van der Waals surface area (Å²) in [6, 6.07) is 9.40. The molecule has 0 spiro atoms. The van der Waals surface area contributed by atoms with Crippen LogP contribution in [0.25, 0.3) is 0 Å². The predicted molar refractivity (Wildman–Crippen MR) is 157 cm³/mol. The summed E-state index contributed by atoms with van der Waals surface area (Å²) in [4.78, 5) is 7.89. The predicted octanol–water partition coefficient (Wildman–Crippen LogP) is 8.25. The van der Waals surface area contributed by atoms with E-state index in [0.29, 0.717) is 6.04 Å². The van der Waals surface area contributed by atoms with Crippen LogP contribution in [0.1, 0.15) is 86.6 Å². The minimum Gasteiger partial charge on any atom is -0.388 e. The van der Waals surface area contributed by atoms with Gasteiger partial charge in [0.1, 0.15) is 0 Å². The van der Waals surface area contributed by atoms with Crippen LogP contribution in [0.2, 0.25) is 0 Å². The first-order valence-corrected chi connectivity index (χ1v) is 13.4. The summed E-state index contributed by atoms with van der Waals surface area (Å²) in [5.41, 5.74) is 9.44. The lowest BCUT2D eigenvalue weighted by Gasteiger charge is -2.22. The Balaban J connectivity index is 2.59. The van der Waals surface area contributed by atoms with E-state index >= 15 is 0 Å². The molecule has 0 saturated carbocycles. The van der Waals surface area contributed by atoms with Gasteiger partial charge in [-0.2, -0.15) is 0 Å². The van der Waals surface area contributed by atoms with Crippen molar-refractivity contribution in [3.63, 3.8) is 0 Å². The van der Waals surface area contributed by atoms with Crippen LogP contribution in [0.15, 0.2) is 76.5 Å². The van der Waals surface area contributed by atoms with Gasteiger partial charge in [-0.1, -0.05) is 62.3 Å². The Labute approximate surface area is 215 Å². The van der Waals surface area contributed by atoms with Gasteiger partial charge in [-0.25, -0.2) is 0 Å². The maximum atomic E-state index is 5.37. The highest BCUT2D eigenvalue weighted by molar-refractivity contribution is 6.15. The maximum absolute atomic E-state index is 5.37. The average Bonchev–Trinajstić information content (AvgIpc) is 3.31. The lowest BCUT2D eigenvalue weighted by atomic mass is 9.93. The Kier molecular flexibility index (Phi) is 11.1. The molecule has 0 aliphatic carbocycles. The Hall–Kier alpha value is -2.55. The van der Waals surface area contributed by atoms with E-state index < -0.39 is 0 Å². The number of hydrogen-bond acceptors (Lipinski definition) is 3. The Morgan fingerprint density at radius 1 is 1.11 bits per heavy atom. The van der Waals surface area contributed by atoms with E-state index in [1.165, 1.54) is 35.2 Å². The zero-order valence-corrected chi connectivity index (χ0v) is 23.7. The lowest BCUT2D eigenvalue weighted by Crippen LogP contribution is -2.21. The molecular formula is C32H49N3. The third-order valence-corrected chi connectivity index (χ3v) is 7.18. The molecule has 1 saturated heterocycles. The first-order chi connectivity index (χ1) is 16.6. The number of allylic oxidation sites excluding steroid dienone is 3. The molecule has 1 aliphatic rings. The summed E-state index contributed by atoms with van der Waals surface area (Å²) in [5.74, 6) is 0.812. The van der Waals surface area contributed by atoms with Crippen molar-refractivity contribution in [2.24, 2.45) is 10.9 Å². The van der Waals surface area contributed by atoms with Crippen LogP contribution < -0.4 is 10.2 Å². The molecule has 0 radical (unpaired) electrons. The van der Waals surface area contributed by atoms with E-state index in [9.17, 15) is 0 Å². The van der Waals surface area contributed by atoms with Gasteiger partial charge in [0.25, 0.3) is 0 Å². The van der Waals surface area contributed by atoms with E-state index in [0.717, 1.165) is 54.3 Å². The number of rotatable bonds is 12. The van der Waals surface area contributed by atoms with Crippen molar-refractivity contribution < 1.29 is 0 Å². The van der Waals surface area contributed by atoms with Crippen LogP contribution >= 0.6 is 0 Å². The maximum Gasteiger partial charge on any atom is 0.0748 e. The zero-order valence-electron chi connectivity index (χ0n) is 23.7. The van der Waals surface area contributed by atoms with Gasteiger partial charge in [0.05, 0.1) is 11.8 Å². The molecule has 1 heterocycles. The van der Waals surface area contributed by atoms with E-state index in [2.05, 4.69) is 109 Å². The van der Waals surface area contributed by atoms with Crippen molar-refractivity contribution in [2.75, 3.05) is 18.0 Å². The standard InChI is InChI=1S/C32H49N3/c1-11-25(9)19-31(23(5)6)34-32(30(20-33-24(7)8)26(10)22(3)4)28-13-15-29(16-14-28)35-18-17-27(12-2)21-35/h13-16,20,24,27,31,33H,5,9,11-12,17-19,21H2,1-4,6-8,10H3/b30-20-,34-32-. The van der Waals surface area contributed by atoms with Crippen LogP contribution in [-0.4, -0.2) is 30.9 Å². The molecule has 2 unspecified atom stereocenters. The average molecular weight is 476 g/mol. The van der Waals surface area contributed by atoms with Crippen molar-refractivity contribution >= 4 is 11.4 Å². The van der Waals surface area contributed by atoms with Crippen molar-refractivity contribution in [3.8, 4) is 0 Å². The van der Waals surface area contributed by atoms with Crippen LogP contribution in [0, 0.1) is 5.92 Å². The second-order valence-corrected chi connectivity index (χ2v) is 10.7. The highest BCUT2D eigenvalue weighted by atomic mass is 15.1. The van der Waals surface area contributed by atoms with Crippen molar-refractivity contribution in [3.05, 3.63) is 77.1 Å². The topological polar surface area (TPSA) is 27.6 Å². The lowest BCUT2D eigenvalue weighted by molar-refractivity contribution is 0.569. The number of nitrogens with zero attached hydrogens (tertiary/aromatic N) is 2. The number of anilines is 1. The van der Waals surface area contributed by atoms with E-state index in [1.54, 1.807) is 0 Å². The molecule has 2 rings (SSSR count). The summed E-state index contributed by atoms with van der Waals surface area (Å²) in [6.45, 7) is 28.3. The van der Waals surface area contributed by atoms with Crippen LogP contribution in [-0.2, 0) is 0 Å². The zero-order chi connectivity index (χ0) is 26.1. The second kappa shape index (κ2) is 13.5. The van der Waals surface area contributed by atoms with Gasteiger partial charge >= 0.3 is 0 Å². The molecular weight excluding hydrogens is 426 g/mol. The fraction of sp³-hybridized carbons (Fsp3) is 0.531. The SMILES string of the molecule is C=C(CC)CC(/N=C(\C(=C/NC(C)C)C(C)=C(C)C)c1ccc(N2CCC(CC)C2)cc1)C(=C)C. The van der Waals surface area contributed by atoms with Gasteiger partial charge in [-0.3, -0.25) is 4.99 Å². The first-order valence-electron chi connectivity index (χ1n) is 13.4. The Morgan fingerprint density at radius 3 is 2.26 bits per heavy atom. The van der Waals surface area contributed by atoms with E-state index in [-0.39, 0.29) is 6.04 Å². The molecule has 0 aromatic heterocycles. The molecule has 0 amide bonds. The molecule has 1 N–H and O–H groups in total. The van der Waals surface area contributed by atoms with Gasteiger partial charge in [0.2, 0.25) is 0 Å². The van der Waals surface area contributed by atoms with Gasteiger partial charge < -0.3 is 10.2 Å². The van der Waals surface area contributed by atoms with Gasteiger partial charge in [-0.15, -0.1) is 0 Å². The molecule has 0 bridgehead atoms. The second-order valence-electron chi connectivity index (χ2n) is 10.7. The van der Waals surface area contributed by atoms with E-state index in [4.69, 9.17) is 4.99 Å². The first kappa shape index (κ1) is 28.7. The van der Waals surface area contributed by atoms with Gasteiger partial charge in [-0.05, 0) is 84.4 Å². The van der Waals surface area contributed by atoms with Crippen LogP contribution in [0.4, 0.5) is 5.69 Å². The normalized spacial score (nSPS) is 17.5. The molecule has 192 valence electrons. The van der Waals surface area contributed by atoms with Gasteiger partial charge in [0, 0.05) is 42.2 Å². The number of benzene rings is 1. The molecule has 1 aliphatic heterocycles. The Morgan fingerprint density at radius 2 is 1.77 bits per heavy atom. The van der Waals surface area contributed by atoms with Crippen molar-refractivity contribution in [2.45, 2.75) is 93.2 Å². The molecule has 1 fully saturated rings. The molecule has 1 aromatic carbocycles. The smallest absolute Gasteiger partial charge is 0.0748 e. The number of nitrogens with one attached hydrogen (secondary N) is 1. The summed E-state index contributed by atoms with van der Waals surface area (Å²) < 4.78 is 0. The molecule has 35 heavy (non-hydrogen) atoms. The van der Waals surface area contributed by atoms with Gasteiger partial charge in [0.15, 0.2) is 0 Å². The molecule has 2 atom stereocenters. The minimum atomic E-state index is 0.00781. The Bertz CT molecular complexity index is 955. The third-order valence-electron chi connectivity index (χ3n) is 7.18. The van der Waals surface area contributed by atoms with E-state index in [1.807, 2.05) is 0 Å². The highest BCUT2D eigenvalue weighted by Gasteiger charge is 2.22. The quantitative estimate of drug-likeness (QED) is 0.187. The fourth-order valence-electron chi connectivity index (χ4n) is 4.31. The molecule has 1 aromatic rings. The van der Waals surface area contributed by atoms with Crippen LogP contribution in [0.3, 0.4) is 0 Å². The monoisotopic (exact) mass is 475 g/mol. The highest BCUT2D eigenvalue weighted by Crippen LogP contribution is 2.28. The van der Waals surface area contributed by atoms with Crippen LogP contribution in [0.5, 0.6) is 0 Å². The fourth-order valence-corrected chi connectivity index (χ4v) is 4.31. The van der Waals surface area contributed by atoms with Crippen molar-refractivity contribution in [1.29, 1.82) is 0 Å². The summed E-state index contributed by atoms with van der Waals surface area (Å²) >= 11 is 0. The van der Waals surface area contributed by atoms with Crippen molar-refractivity contribution in [1.82, 2.24) is 5.32 Å². The summed E-state index contributed by atoms with van der Waals surface area (Å²) in [7, 11) is 0. The largest absolute Gasteiger partial charge is 0.388 e. The summed E-state index contributed by atoms with van der Waals surface area (Å²) in [5, 5.41) is 3.53. The molecule has 3 nitrogen and oxygen atoms in total. The third kappa shape index (κ3) is 8.26. The summed E-state index contributed by atoms with van der Waals surface area (Å²) in [6.07, 6.45) is 6.49. The number of hydrogen-bond donors (Lipinski definition) is 1. The minimum absolute atomic E-state index is 0.00781. The number of aliphatic imine (C=N–C) groups is 1.